The molecule has 0 saturated carbocycles. The van der Waals surface area contributed by atoms with Gasteiger partial charge in [0.15, 0.2) is 5.78 Å². The van der Waals surface area contributed by atoms with Crippen LogP contribution in [0.25, 0.3) is 0 Å². The number of hydrogen-bond acceptors (Lipinski definition) is 3. The summed E-state index contributed by atoms with van der Waals surface area (Å²) in [5.41, 5.74) is 0. The zero-order chi connectivity index (χ0) is 12.8. The molecular formula is C10H17F3O3. The molecule has 0 aromatic rings. The molecule has 96 valence electrons. The minimum Gasteiger partial charge on any atom is -0.359 e. The first-order valence-electron chi connectivity index (χ1n) is 4.95. The summed E-state index contributed by atoms with van der Waals surface area (Å²) in [5, 5.41) is 0. The van der Waals surface area contributed by atoms with E-state index in [1.165, 1.54) is 14.0 Å². The Balaban J connectivity index is 4.17. The van der Waals surface area contributed by atoms with Gasteiger partial charge < -0.3 is 9.47 Å². The van der Waals surface area contributed by atoms with Gasteiger partial charge >= 0.3 is 6.18 Å². The molecule has 0 heterocycles. The number of ether oxygens (including phenoxy) is 2. The third-order valence-corrected chi connectivity index (χ3v) is 2.17. The van der Waals surface area contributed by atoms with Crippen LogP contribution in [0.3, 0.4) is 0 Å². The van der Waals surface area contributed by atoms with Crippen molar-refractivity contribution < 1.29 is 27.4 Å². The van der Waals surface area contributed by atoms with Gasteiger partial charge in [0.05, 0.1) is 0 Å². The van der Waals surface area contributed by atoms with Crippen LogP contribution in [0.4, 0.5) is 13.2 Å². The summed E-state index contributed by atoms with van der Waals surface area (Å²) < 4.78 is 45.6. The minimum atomic E-state index is -4.20. The van der Waals surface area contributed by atoms with E-state index in [4.69, 9.17) is 4.74 Å². The summed E-state index contributed by atoms with van der Waals surface area (Å²) in [5.74, 6) is -0.763. The normalized spacial score (nSPS) is 15.9. The van der Waals surface area contributed by atoms with Gasteiger partial charge in [-0.2, -0.15) is 13.2 Å². The third kappa shape index (κ3) is 6.79. The van der Waals surface area contributed by atoms with Crippen LogP contribution in [-0.4, -0.2) is 32.0 Å². The lowest BCUT2D eigenvalue weighted by atomic mass is 9.96. The van der Waals surface area contributed by atoms with E-state index in [9.17, 15) is 18.0 Å². The number of carbonyl (C=O) groups is 1. The van der Waals surface area contributed by atoms with Crippen molar-refractivity contribution in [1.82, 2.24) is 0 Å². The molecule has 0 N–H and O–H groups in total. The van der Waals surface area contributed by atoms with E-state index in [-0.39, 0.29) is 19.0 Å². The standard InChI is InChI=1S/C10H17F3O3/c1-7(4-5-10(11,12)13)9(8(2)14)16-6-15-3/h7,9H,4-6H2,1-3H3/t7-,9+/m0/s1. The fourth-order valence-corrected chi connectivity index (χ4v) is 1.37. The highest BCUT2D eigenvalue weighted by Crippen LogP contribution is 2.26. The van der Waals surface area contributed by atoms with Crippen molar-refractivity contribution in [2.24, 2.45) is 5.92 Å². The number of methoxy groups -OCH3 is 1. The van der Waals surface area contributed by atoms with Crippen LogP contribution in [-0.2, 0) is 14.3 Å². The second-order valence-electron chi connectivity index (χ2n) is 3.74. The molecule has 16 heavy (non-hydrogen) atoms. The van der Waals surface area contributed by atoms with E-state index in [2.05, 4.69) is 4.74 Å². The molecule has 0 fully saturated rings. The Morgan fingerprint density at radius 1 is 1.38 bits per heavy atom. The van der Waals surface area contributed by atoms with Crippen molar-refractivity contribution in [2.75, 3.05) is 13.9 Å². The molecule has 0 aliphatic heterocycles. The zero-order valence-electron chi connectivity index (χ0n) is 9.63. The van der Waals surface area contributed by atoms with E-state index >= 15 is 0 Å². The van der Waals surface area contributed by atoms with Gasteiger partial charge in [0.1, 0.15) is 12.9 Å². The summed E-state index contributed by atoms with van der Waals surface area (Å²) >= 11 is 0. The number of carbonyl (C=O) groups excluding carboxylic acids is 1. The average Bonchev–Trinajstić information content (AvgIpc) is 2.13. The summed E-state index contributed by atoms with van der Waals surface area (Å²) in [7, 11) is 1.39. The third-order valence-electron chi connectivity index (χ3n) is 2.17. The lowest BCUT2D eigenvalue weighted by Crippen LogP contribution is -2.31. The van der Waals surface area contributed by atoms with E-state index in [0.29, 0.717) is 0 Å². The van der Waals surface area contributed by atoms with Crippen molar-refractivity contribution in [2.45, 2.75) is 39.0 Å². The van der Waals surface area contributed by atoms with Crippen LogP contribution >= 0.6 is 0 Å². The molecule has 0 rings (SSSR count). The van der Waals surface area contributed by atoms with Gasteiger partial charge in [0.25, 0.3) is 0 Å². The monoisotopic (exact) mass is 242 g/mol. The Labute approximate surface area is 92.9 Å². The van der Waals surface area contributed by atoms with Crippen LogP contribution in [0.5, 0.6) is 0 Å². The fourth-order valence-electron chi connectivity index (χ4n) is 1.37. The van der Waals surface area contributed by atoms with Crippen molar-refractivity contribution in [3.8, 4) is 0 Å². The number of halogens is 3. The molecule has 0 bridgehead atoms. The highest BCUT2D eigenvalue weighted by molar-refractivity contribution is 5.80. The zero-order valence-corrected chi connectivity index (χ0v) is 9.63. The molecule has 0 amide bonds. The predicted molar refractivity (Wildman–Crippen MR) is 51.9 cm³/mol. The summed E-state index contributed by atoms with van der Waals surface area (Å²) in [4.78, 5) is 11.2. The van der Waals surface area contributed by atoms with Crippen LogP contribution in [0.15, 0.2) is 0 Å². The highest BCUT2D eigenvalue weighted by atomic mass is 19.4. The molecule has 3 nitrogen and oxygen atoms in total. The Hall–Kier alpha value is -0.620. The maximum atomic E-state index is 12.0. The molecule has 0 radical (unpaired) electrons. The van der Waals surface area contributed by atoms with E-state index < -0.39 is 24.6 Å². The number of Topliss-reactive ketones (excluding diaryl/α,β-unsaturated/α-hetero) is 1. The number of rotatable bonds is 7. The maximum absolute atomic E-state index is 12.0. The molecule has 0 aliphatic rings. The minimum absolute atomic E-state index is 0.0966. The maximum Gasteiger partial charge on any atom is 0.389 e. The summed E-state index contributed by atoms with van der Waals surface area (Å²) in [6.45, 7) is 2.76. The van der Waals surface area contributed by atoms with Gasteiger partial charge in [-0.15, -0.1) is 0 Å². The Kier molecular flexibility index (Phi) is 6.59. The molecule has 0 unspecified atom stereocenters. The molecular weight excluding hydrogens is 225 g/mol. The van der Waals surface area contributed by atoms with E-state index in [1.807, 2.05) is 0 Å². The highest BCUT2D eigenvalue weighted by Gasteiger charge is 2.30. The first kappa shape index (κ1) is 15.4. The van der Waals surface area contributed by atoms with Crippen LogP contribution < -0.4 is 0 Å². The first-order valence-corrected chi connectivity index (χ1v) is 4.95. The molecule has 0 aromatic heterocycles. The predicted octanol–water partition coefficient (Wildman–Crippen LogP) is 2.54. The van der Waals surface area contributed by atoms with Crippen LogP contribution in [0, 0.1) is 5.92 Å². The van der Waals surface area contributed by atoms with Crippen molar-refractivity contribution in [1.29, 1.82) is 0 Å². The second kappa shape index (κ2) is 6.85. The first-order chi connectivity index (χ1) is 7.28. The number of ketones is 1. The van der Waals surface area contributed by atoms with Gasteiger partial charge in [-0.3, -0.25) is 4.79 Å². The van der Waals surface area contributed by atoms with Gasteiger partial charge in [-0.1, -0.05) is 6.92 Å². The largest absolute Gasteiger partial charge is 0.389 e. The Bertz CT molecular complexity index is 216. The van der Waals surface area contributed by atoms with E-state index in [1.54, 1.807) is 6.92 Å². The molecule has 0 spiro atoms. The fraction of sp³-hybridized carbons (Fsp3) is 0.900. The smallest absolute Gasteiger partial charge is 0.359 e. The van der Waals surface area contributed by atoms with Gasteiger partial charge in [-0.05, 0) is 19.3 Å². The lowest BCUT2D eigenvalue weighted by molar-refractivity contribution is -0.152. The molecule has 0 aliphatic carbocycles. The molecule has 0 aromatic carbocycles. The topological polar surface area (TPSA) is 35.5 Å². The number of alkyl halides is 3. The average molecular weight is 242 g/mol. The second-order valence-corrected chi connectivity index (χ2v) is 3.74. The summed E-state index contributed by atoms with van der Waals surface area (Å²) in [6, 6.07) is 0. The van der Waals surface area contributed by atoms with Crippen LogP contribution in [0.1, 0.15) is 26.7 Å². The van der Waals surface area contributed by atoms with Crippen molar-refractivity contribution >= 4 is 5.78 Å². The Morgan fingerprint density at radius 2 is 1.94 bits per heavy atom. The van der Waals surface area contributed by atoms with Crippen molar-refractivity contribution in [3.63, 3.8) is 0 Å². The van der Waals surface area contributed by atoms with Gasteiger partial charge in [0, 0.05) is 13.5 Å². The van der Waals surface area contributed by atoms with Gasteiger partial charge in [-0.25, -0.2) is 0 Å². The molecule has 6 heteroatoms. The van der Waals surface area contributed by atoms with E-state index in [0.717, 1.165) is 0 Å². The van der Waals surface area contributed by atoms with Gasteiger partial charge in [0.2, 0.25) is 0 Å². The lowest BCUT2D eigenvalue weighted by Gasteiger charge is -2.22. The Morgan fingerprint density at radius 3 is 2.31 bits per heavy atom. The molecule has 2 atom stereocenters. The molecule has 0 saturated heterocycles. The quantitative estimate of drug-likeness (QED) is 0.643. The number of hydrogen-bond donors (Lipinski definition) is 0. The van der Waals surface area contributed by atoms with Crippen molar-refractivity contribution in [3.05, 3.63) is 0 Å². The van der Waals surface area contributed by atoms with Crippen LogP contribution in [0.2, 0.25) is 0 Å². The SMILES string of the molecule is COCO[C@@H](C(C)=O)[C@@H](C)CCC(F)(F)F. The summed E-state index contributed by atoms with van der Waals surface area (Å²) in [6.07, 6.45) is -6.06.